The molecule has 1 aliphatic heterocycles. The van der Waals surface area contributed by atoms with Crippen molar-refractivity contribution >= 4 is 6.29 Å². The van der Waals surface area contributed by atoms with E-state index in [1.54, 1.807) is 0 Å². The maximum absolute atomic E-state index is 10.7. The number of fused-ring (bicyclic) bond motifs is 1. The molecule has 2 nitrogen and oxygen atoms in total. The predicted octanol–water partition coefficient (Wildman–Crippen LogP) is 3.38. The largest absolute Gasteiger partial charge is 0.487 e. The van der Waals surface area contributed by atoms with Crippen molar-refractivity contribution in [3.05, 3.63) is 29.3 Å². The summed E-state index contributed by atoms with van der Waals surface area (Å²) in [4.78, 5) is 10.7. The van der Waals surface area contributed by atoms with Crippen LogP contribution in [-0.2, 0) is 6.42 Å². The first kappa shape index (κ1) is 11.2. The summed E-state index contributed by atoms with van der Waals surface area (Å²) in [5.41, 5.74) is 1.92. The second-order valence-electron chi connectivity index (χ2n) is 4.48. The van der Waals surface area contributed by atoms with Crippen molar-refractivity contribution in [1.82, 2.24) is 0 Å². The maximum Gasteiger partial charge on any atom is 0.150 e. The number of hydrogen-bond donors (Lipinski definition) is 0. The molecule has 0 radical (unpaired) electrons. The van der Waals surface area contributed by atoms with E-state index in [0.717, 1.165) is 43.3 Å². The highest BCUT2D eigenvalue weighted by Gasteiger charge is 2.32. The van der Waals surface area contributed by atoms with Crippen LogP contribution < -0.4 is 4.74 Å². The molecule has 86 valence electrons. The number of aldehydes is 1. The van der Waals surface area contributed by atoms with Crippen LogP contribution in [-0.4, -0.2) is 11.9 Å². The van der Waals surface area contributed by atoms with E-state index in [0.29, 0.717) is 0 Å². The lowest BCUT2D eigenvalue weighted by Gasteiger charge is -2.37. The minimum Gasteiger partial charge on any atom is -0.487 e. The average molecular weight is 218 g/mol. The molecule has 0 bridgehead atoms. The second-order valence-corrected chi connectivity index (χ2v) is 4.48. The lowest BCUT2D eigenvalue weighted by Crippen LogP contribution is -2.38. The van der Waals surface area contributed by atoms with Gasteiger partial charge < -0.3 is 4.74 Å². The van der Waals surface area contributed by atoms with Crippen LogP contribution in [0.4, 0.5) is 0 Å². The molecule has 0 atom stereocenters. The van der Waals surface area contributed by atoms with Gasteiger partial charge in [0.05, 0.1) is 0 Å². The third kappa shape index (κ3) is 1.84. The fourth-order valence-corrected chi connectivity index (χ4v) is 2.36. The summed E-state index contributed by atoms with van der Waals surface area (Å²) in [6.07, 6.45) is 5.03. The molecule has 0 spiro atoms. The van der Waals surface area contributed by atoms with E-state index in [-0.39, 0.29) is 5.60 Å². The quantitative estimate of drug-likeness (QED) is 0.727. The zero-order valence-corrected chi connectivity index (χ0v) is 9.95. The zero-order valence-electron chi connectivity index (χ0n) is 9.95. The smallest absolute Gasteiger partial charge is 0.150 e. The van der Waals surface area contributed by atoms with E-state index < -0.39 is 0 Å². The molecule has 0 fully saturated rings. The fraction of sp³-hybridized carbons (Fsp3) is 0.500. The van der Waals surface area contributed by atoms with Gasteiger partial charge in [0.1, 0.15) is 17.6 Å². The van der Waals surface area contributed by atoms with Gasteiger partial charge in [-0.25, -0.2) is 0 Å². The Morgan fingerprint density at radius 1 is 1.38 bits per heavy atom. The predicted molar refractivity (Wildman–Crippen MR) is 64.1 cm³/mol. The summed E-state index contributed by atoms with van der Waals surface area (Å²) in [6, 6.07) is 5.70. The number of hydrogen-bond acceptors (Lipinski definition) is 2. The highest BCUT2D eigenvalue weighted by molar-refractivity contribution is 5.75. The molecule has 0 aliphatic carbocycles. The monoisotopic (exact) mass is 218 g/mol. The first-order valence-electron chi connectivity index (χ1n) is 6.00. The molecular weight excluding hydrogens is 200 g/mol. The second kappa shape index (κ2) is 4.28. The third-order valence-corrected chi connectivity index (χ3v) is 3.69. The van der Waals surface area contributed by atoms with E-state index >= 15 is 0 Å². The minimum absolute atomic E-state index is 0.00962. The van der Waals surface area contributed by atoms with E-state index in [4.69, 9.17) is 4.74 Å². The van der Waals surface area contributed by atoms with Crippen molar-refractivity contribution in [2.75, 3.05) is 0 Å². The molecular formula is C14H18O2. The van der Waals surface area contributed by atoms with Gasteiger partial charge in [-0.2, -0.15) is 0 Å². The summed E-state index contributed by atoms with van der Waals surface area (Å²) in [7, 11) is 0. The summed E-state index contributed by atoms with van der Waals surface area (Å²) in [5, 5.41) is 0. The number of carbonyl (C=O) groups is 1. The summed E-state index contributed by atoms with van der Waals surface area (Å²) >= 11 is 0. The molecule has 0 saturated carbocycles. The van der Waals surface area contributed by atoms with Gasteiger partial charge in [0.15, 0.2) is 0 Å². The molecule has 16 heavy (non-hydrogen) atoms. The van der Waals surface area contributed by atoms with E-state index in [1.807, 2.05) is 18.2 Å². The number of rotatable bonds is 3. The molecule has 1 aromatic rings. The van der Waals surface area contributed by atoms with Gasteiger partial charge in [0.2, 0.25) is 0 Å². The number of benzene rings is 1. The zero-order chi connectivity index (χ0) is 11.6. The van der Waals surface area contributed by atoms with Gasteiger partial charge in [-0.15, -0.1) is 0 Å². The van der Waals surface area contributed by atoms with Gasteiger partial charge in [-0.05, 0) is 49.4 Å². The van der Waals surface area contributed by atoms with Crippen molar-refractivity contribution < 1.29 is 9.53 Å². The number of ether oxygens (including phenoxy) is 1. The van der Waals surface area contributed by atoms with Gasteiger partial charge in [0.25, 0.3) is 0 Å². The number of carbonyl (C=O) groups excluding carboxylic acids is 1. The highest BCUT2D eigenvalue weighted by atomic mass is 16.5. The molecule has 2 heteroatoms. The summed E-state index contributed by atoms with van der Waals surface area (Å²) in [6.45, 7) is 4.35. The Balaban J connectivity index is 2.31. The van der Waals surface area contributed by atoms with Crippen LogP contribution in [0.15, 0.2) is 18.2 Å². The van der Waals surface area contributed by atoms with Crippen LogP contribution in [0.3, 0.4) is 0 Å². The molecule has 0 unspecified atom stereocenters. The standard InChI is InChI=1S/C14H18O2/c1-3-14(4-2)8-7-12-9-11(10-15)5-6-13(12)16-14/h5-6,9-10H,3-4,7-8H2,1-2H3. The van der Waals surface area contributed by atoms with Crippen LogP contribution in [0.5, 0.6) is 5.75 Å². The average Bonchev–Trinajstić information content (AvgIpc) is 2.37. The molecule has 1 aromatic carbocycles. The van der Waals surface area contributed by atoms with Crippen LogP contribution >= 0.6 is 0 Å². The molecule has 0 amide bonds. The third-order valence-electron chi connectivity index (χ3n) is 3.69. The topological polar surface area (TPSA) is 26.3 Å². The normalized spacial score (nSPS) is 17.4. The molecule has 0 aromatic heterocycles. The van der Waals surface area contributed by atoms with Crippen LogP contribution in [0.25, 0.3) is 0 Å². The summed E-state index contributed by atoms with van der Waals surface area (Å²) < 4.78 is 6.10. The van der Waals surface area contributed by atoms with Crippen molar-refractivity contribution in [1.29, 1.82) is 0 Å². The van der Waals surface area contributed by atoms with Gasteiger partial charge in [-0.3, -0.25) is 4.79 Å². The van der Waals surface area contributed by atoms with Gasteiger partial charge in [0, 0.05) is 5.56 Å². The van der Waals surface area contributed by atoms with Gasteiger partial charge in [-0.1, -0.05) is 13.8 Å². The van der Waals surface area contributed by atoms with E-state index in [2.05, 4.69) is 13.8 Å². The Morgan fingerprint density at radius 3 is 2.75 bits per heavy atom. The Labute approximate surface area is 96.6 Å². The minimum atomic E-state index is 0.00962. The number of aryl methyl sites for hydroxylation is 1. The lowest BCUT2D eigenvalue weighted by molar-refractivity contribution is 0.0383. The molecule has 0 N–H and O–H groups in total. The molecule has 1 aliphatic rings. The van der Waals surface area contributed by atoms with E-state index in [1.165, 1.54) is 5.56 Å². The Kier molecular flexibility index (Phi) is 2.99. The molecule has 0 saturated heterocycles. The first-order chi connectivity index (χ1) is 7.73. The first-order valence-corrected chi connectivity index (χ1v) is 6.00. The van der Waals surface area contributed by atoms with Crippen LogP contribution in [0, 0.1) is 0 Å². The Morgan fingerprint density at radius 2 is 2.12 bits per heavy atom. The lowest BCUT2D eigenvalue weighted by atomic mass is 9.86. The fourth-order valence-electron chi connectivity index (χ4n) is 2.36. The van der Waals surface area contributed by atoms with Crippen molar-refractivity contribution in [3.63, 3.8) is 0 Å². The maximum atomic E-state index is 10.7. The van der Waals surface area contributed by atoms with Gasteiger partial charge >= 0.3 is 0 Å². The SMILES string of the molecule is CCC1(CC)CCc2cc(C=O)ccc2O1. The molecule has 2 rings (SSSR count). The van der Waals surface area contributed by atoms with Crippen molar-refractivity contribution in [2.24, 2.45) is 0 Å². The van der Waals surface area contributed by atoms with E-state index in [9.17, 15) is 4.79 Å². The Hall–Kier alpha value is -1.31. The van der Waals surface area contributed by atoms with Crippen LogP contribution in [0.2, 0.25) is 0 Å². The molecule has 1 heterocycles. The highest BCUT2D eigenvalue weighted by Crippen LogP contribution is 2.37. The van der Waals surface area contributed by atoms with Crippen molar-refractivity contribution in [2.45, 2.75) is 45.1 Å². The summed E-state index contributed by atoms with van der Waals surface area (Å²) in [5.74, 6) is 0.959. The van der Waals surface area contributed by atoms with Crippen molar-refractivity contribution in [3.8, 4) is 5.75 Å². The Bertz CT molecular complexity index is 392. The van der Waals surface area contributed by atoms with Crippen LogP contribution in [0.1, 0.15) is 49.0 Å².